The Bertz CT molecular complexity index is 1640. The summed E-state index contributed by atoms with van der Waals surface area (Å²) in [6.07, 6.45) is 0.769. The van der Waals surface area contributed by atoms with Gasteiger partial charge >= 0.3 is 0 Å². The van der Waals surface area contributed by atoms with Gasteiger partial charge in [0.25, 0.3) is 0 Å². The highest BCUT2D eigenvalue weighted by Crippen LogP contribution is 2.27. The number of anilines is 6. The fraction of sp³-hybridized carbons (Fsp3) is 0.0667. The molecule has 0 radical (unpaired) electrons. The molecule has 1 atom stereocenters. The molecule has 40 heavy (non-hydrogen) atoms. The van der Waals surface area contributed by atoms with Crippen LogP contribution < -0.4 is 21.4 Å². The van der Waals surface area contributed by atoms with Gasteiger partial charge in [-0.1, -0.05) is 60.1 Å². The lowest BCUT2D eigenvalue weighted by molar-refractivity contribution is 0.620. The first-order valence-electron chi connectivity index (χ1n) is 12.6. The average molecular weight is 551 g/mol. The topological polar surface area (TPSA) is 99.2 Å². The highest BCUT2D eigenvalue weighted by molar-refractivity contribution is 6.30. The van der Waals surface area contributed by atoms with Gasteiger partial charge in [-0.15, -0.1) is 0 Å². The van der Waals surface area contributed by atoms with Crippen molar-refractivity contribution in [1.29, 1.82) is 0 Å². The number of benzene rings is 4. The summed E-state index contributed by atoms with van der Waals surface area (Å²) in [4.78, 5) is 13.5. The first-order valence-corrected chi connectivity index (χ1v) is 13.0. The monoisotopic (exact) mass is 550 g/mol. The number of hydrazone groups is 1. The number of hydrogen-bond donors (Lipinski definition) is 4. The summed E-state index contributed by atoms with van der Waals surface area (Å²) in [7, 11) is 0. The number of rotatable bonds is 8. The first-order chi connectivity index (χ1) is 19.6. The molecule has 0 fully saturated rings. The van der Waals surface area contributed by atoms with Crippen LogP contribution in [0.2, 0.25) is 5.02 Å². The molecule has 0 aliphatic carbocycles. The van der Waals surface area contributed by atoms with Crippen molar-refractivity contribution >= 4 is 52.2 Å². The molecule has 0 saturated heterocycles. The van der Waals surface area contributed by atoms with E-state index in [1.807, 2.05) is 78.9 Å². The van der Waals surface area contributed by atoms with Gasteiger partial charge in [-0.3, -0.25) is 0 Å². The SMILES string of the molecule is Fc1cccc(Nc2nc(Nc3ccccc3)nc(Nc3ccc(C4=NNC(c5ccc(Cl)cc5)C4)cc3)n2)c1. The highest BCUT2D eigenvalue weighted by Gasteiger charge is 2.21. The fourth-order valence-corrected chi connectivity index (χ4v) is 4.40. The maximum atomic E-state index is 13.7. The van der Waals surface area contributed by atoms with Crippen molar-refractivity contribution in [3.8, 4) is 0 Å². The molecule has 2 heterocycles. The predicted molar refractivity (Wildman–Crippen MR) is 157 cm³/mol. The minimum Gasteiger partial charge on any atom is -0.324 e. The van der Waals surface area contributed by atoms with Crippen LogP contribution in [0, 0.1) is 5.82 Å². The van der Waals surface area contributed by atoms with Crippen molar-refractivity contribution in [3.05, 3.63) is 125 Å². The lowest BCUT2D eigenvalue weighted by atomic mass is 9.99. The van der Waals surface area contributed by atoms with E-state index in [0.29, 0.717) is 22.6 Å². The Kier molecular flexibility index (Phi) is 7.19. The number of hydrogen-bond acceptors (Lipinski definition) is 8. The van der Waals surface area contributed by atoms with E-state index in [9.17, 15) is 4.39 Å². The Morgan fingerprint density at radius 2 is 1.27 bits per heavy atom. The zero-order valence-electron chi connectivity index (χ0n) is 21.1. The Labute approximate surface area is 235 Å². The molecule has 1 unspecified atom stereocenters. The van der Waals surface area contributed by atoms with Gasteiger partial charge in [0.2, 0.25) is 17.8 Å². The molecule has 6 rings (SSSR count). The maximum Gasteiger partial charge on any atom is 0.233 e. The zero-order valence-corrected chi connectivity index (χ0v) is 21.9. The summed E-state index contributed by atoms with van der Waals surface area (Å²) in [5.41, 5.74) is 8.48. The number of para-hydroxylation sites is 1. The Morgan fingerprint density at radius 1 is 0.675 bits per heavy atom. The average Bonchev–Trinajstić information content (AvgIpc) is 3.45. The van der Waals surface area contributed by atoms with Gasteiger partial charge in [0, 0.05) is 28.5 Å². The van der Waals surface area contributed by atoms with Gasteiger partial charge in [-0.25, -0.2) is 4.39 Å². The second kappa shape index (κ2) is 11.4. The molecule has 0 bridgehead atoms. The second-order valence-electron chi connectivity index (χ2n) is 9.13. The van der Waals surface area contributed by atoms with Crippen molar-refractivity contribution in [3.63, 3.8) is 0 Å². The Balaban J connectivity index is 1.19. The number of aromatic nitrogens is 3. The molecular weight excluding hydrogens is 527 g/mol. The van der Waals surface area contributed by atoms with E-state index in [1.54, 1.807) is 12.1 Å². The van der Waals surface area contributed by atoms with Crippen LogP contribution in [0.5, 0.6) is 0 Å². The molecule has 4 N–H and O–H groups in total. The number of nitrogens with zero attached hydrogens (tertiary/aromatic N) is 4. The molecule has 4 aromatic carbocycles. The third-order valence-corrected chi connectivity index (χ3v) is 6.50. The van der Waals surface area contributed by atoms with E-state index in [2.05, 4.69) is 41.4 Å². The first kappa shape index (κ1) is 25.3. The minimum atomic E-state index is -0.360. The van der Waals surface area contributed by atoms with Crippen LogP contribution >= 0.6 is 11.6 Å². The van der Waals surface area contributed by atoms with Crippen LogP contribution in [0.15, 0.2) is 108 Å². The summed E-state index contributed by atoms with van der Waals surface area (Å²) in [6, 6.07) is 31.5. The van der Waals surface area contributed by atoms with Crippen LogP contribution in [0.1, 0.15) is 23.6 Å². The fourth-order valence-electron chi connectivity index (χ4n) is 4.27. The largest absolute Gasteiger partial charge is 0.324 e. The van der Waals surface area contributed by atoms with Crippen molar-refractivity contribution < 1.29 is 4.39 Å². The van der Waals surface area contributed by atoms with Gasteiger partial charge in [0.05, 0.1) is 11.8 Å². The van der Waals surface area contributed by atoms with E-state index < -0.39 is 0 Å². The van der Waals surface area contributed by atoms with Crippen LogP contribution in [-0.4, -0.2) is 20.7 Å². The Morgan fingerprint density at radius 3 is 1.93 bits per heavy atom. The summed E-state index contributed by atoms with van der Waals surface area (Å²) in [5, 5.41) is 14.7. The van der Waals surface area contributed by atoms with E-state index in [1.165, 1.54) is 12.1 Å². The molecule has 198 valence electrons. The molecule has 5 aromatic rings. The van der Waals surface area contributed by atoms with Gasteiger partial charge < -0.3 is 21.4 Å². The van der Waals surface area contributed by atoms with Crippen LogP contribution in [-0.2, 0) is 0 Å². The summed E-state index contributed by atoms with van der Waals surface area (Å²) < 4.78 is 13.7. The van der Waals surface area contributed by atoms with Gasteiger partial charge in [0.1, 0.15) is 5.82 Å². The third kappa shape index (κ3) is 6.16. The lowest BCUT2D eigenvalue weighted by Crippen LogP contribution is -2.09. The normalized spacial score (nSPS) is 14.2. The summed E-state index contributed by atoms with van der Waals surface area (Å²) >= 11 is 6.02. The molecule has 1 aliphatic rings. The lowest BCUT2D eigenvalue weighted by Gasteiger charge is -2.12. The van der Waals surface area contributed by atoms with Gasteiger partial charge in [0.15, 0.2) is 0 Å². The van der Waals surface area contributed by atoms with Crippen LogP contribution in [0.25, 0.3) is 0 Å². The predicted octanol–water partition coefficient (Wildman–Crippen LogP) is 7.33. The molecule has 1 aliphatic heterocycles. The van der Waals surface area contributed by atoms with Gasteiger partial charge in [-0.05, 0) is 65.7 Å². The van der Waals surface area contributed by atoms with Crippen molar-refractivity contribution in [1.82, 2.24) is 20.4 Å². The molecule has 0 saturated carbocycles. The molecule has 8 nitrogen and oxygen atoms in total. The standard InChI is InChI=1S/C30H24ClFN8/c31-21-13-9-19(10-14-21)26-18-27(40-39-26)20-11-15-24(16-12-20)34-29-36-28(33-23-6-2-1-3-7-23)37-30(38-29)35-25-8-4-5-22(32)17-25/h1-17,26,39H,18H2,(H3,33,34,35,36,37,38). The molecule has 10 heteroatoms. The molecular formula is C30H24ClFN8. The molecule has 1 aromatic heterocycles. The molecule has 0 spiro atoms. The number of halogens is 2. The molecule has 0 amide bonds. The zero-order chi connectivity index (χ0) is 27.3. The van der Waals surface area contributed by atoms with E-state index >= 15 is 0 Å². The number of nitrogens with one attached hydrogen (secondary N) is 4. The minimum absolute atomic E-state index is 0.106. The van der Waals surface area contributed by atoms with E-state index in [-0.39, 0.29) is 17.8 Å². The van der Waals surface area contributed by atoms with E-state index in [0.717, 1.165) is 34.6 Å². The van der Waals surface area contributed by atoms with Crippen molar-refractivity contribution in [2.24, 2.45) is 5.10 Å². The highest BCUT2D eigenvalue weighted by atomic mass is 35.5. The van der Waals surface area contributed by atoms with Crippen LogP contribution in [0.3, 0.4) is 0 Å². The van der Waals surface area contributed by atoms with Crippen molar-refractivity contribution in [2.45, 2.75) is 12.5 Å². The smallest absolute Gasteiger partial charge is 0.233 e. The summed E-state index contributed by atoms with van der Waals surface area (Å²) in [5.74, 6) is 0.557. The van der Waals surface area contributed by atoms with Crippen molar-refractivity contribution in [2.75, 3.05) is 16.0 Å². The third-order valence-electron chi connectivity index (χ3n) is 6.25. The maximum absolute atomic E-state index is 13.7. The quantitative estimate of drug-likeness (QED) is 0.160. The Hall–Kier alpha value is -5.02. The second-order valence-corrected chi connectivity index (χ2v) is 9.57. The van der Waals surface area contributed by atoms with Crippen LogP contribution in [0.4, 0.5) is 39.3 Å². The summed E-state index contributed by atoms with van der Waals surface area (Å²) in [6.45, 7) is 0. The van der Waals surface area contributed by atoms with Gasteiger partial charge in [-0.2, -0.15) is 20.1 Å². The van der Waals surface area contributed by atoms with E-state index in [4.69, 9.17) is 11.6 Å².